The molecule has 0 radical (unpaired) electrons. The number of aryl methyl sites for hydroxylation is 1. The van der Waals surface area contributed by atoms with Crippen LogP contribution in [0.5, 0.6) is 5.75 Å². The van der Waals surface area contributed by atoms with Crippen molar-refractivity contribution in [3.05, 3.63) is 48.0 Å². The molecule has 1 aromatic carbocycles. The highest BCUT2D eigenvalue weighted by Gasteiger charge is 2.11. The van der Waals surface area contributed by atoms with E-state index < -0.39 is 6.55 Å². The highest BCUT2D eigenvalue weighted by Crippen LogP contribution is 2.17. The molecule has 1 heterocycles. The zero-order valence-electron chi connectivity index (χ0n) is 11.6. The zero-order valence-corrected chi connectivity index (χ0v) is 11.6. The van der Waals surface area contributed by atoms with Gasteiger partial charge in [0.15, 0.2) is 5.82 Å². The molecular weight excluding hydrogens is 278 g/mol. The number of carbonyl (C=O) groups is 1. The standard InChI is InChI=1S/C15H16F2N2O2/c1-11(20)2-3-12-4-6-13(7-5-12)21-10-14-18-8-9-19(14)15(16)17/h4-9,15H,2-3,10H2,1H3. The fraction of sp³-hybridized carbons (Fsp3) is 0.333. The van der Waals surface area contributed by atoms with Crippen molar-refractivity contribution in [2.24, 2.45) is 0 Å². The predicted octanol–water partition coefficient (Wildman–Crippen LogP) is 3.38. The number of aromatic nitrogens is 2. The molecule has 0 fully saturated rings. The molecule has 112 valence electrons. The average Bonchev–Trinajstić information content (AvgIpc) is 2.92. The van der Waals surface area contributed by atoms with Crippen LogP contribution in [0.2, 0.25) is 0 Å². The third-order valence-corrected chi connectivity index (χ3v) is 3.02. The Hall–Kier alpha value is -2.24. The summed E-state index contributed by atoms with van der Waals surface area (Å²) in [7, 11) is 0. The van der Waals surface area contributed by atoms with Crippen LogP contribution in [0, 0.1) is 0 Å². The largest absolute Gasteiger partial charge is 0.486 e. The summed E-state index contributed by atoms with van der Waals surface area (Å²) in [6.45, 7) is -1.09. The number of imidazole rings is 1. The Morgan fingerprint density at radius 1 is 1.33 bits per heavy atom. The van der Waals surface area contributed by atoms with Gasteiger partial charge in [0.1, 0.15) is 18.1 Å². The summed E-state index contributed by atoms with van der Waals surface area (Å²) in [5.41, 5.74) is 1.03. The maximum Gasteiger partial charge on any atom is 0.320 e. The SMILES string of the molecule is CC(=O)CCc1ccc(OCc2nccn2C(F)F)cc1. The number of benzene rings is 1. The highest BCUT2D eigenvalue weighted by molar-refractivity contribution is 5.75. The monoisotopic (exact) mass is 294 g/mol. The van der Waals surface area contributed by atoms with E-state index in [0.717, 1.165) is 10.1 Å². The maximum atomic E-state index is 12.6. The molecule has 0 aliphatic rings. The van der Waals surface area contributed by atoms with Crippen molar-refractivity contribution in [1.29, 1.82) is 0 Å². The first kappa shape index (κ1) is 15.2. The number of halogens is 2. The van der Waals surface area contributed by atoms with Crippen LogP contribution in [0.1, 0.15) is 31.3 Å². The topological polar surface area (TPSA) is 44.1 Å². The van der Waals surface area contributed by atoms with Crippen molar-refractivity contribution in [2.45, 2.75) is 32.9 Å². The smallest absolute Gasteiger partial charge is 0.320 e. The minimum atomic E-state index is -2.62. The van der Waals surface area contributed by atoms with Crippen LogP contribution in [0.25, 0.3) is 0 Å². The number of Topliss-reactive ketones (excluding diaryl/α,β-unsaturated/α-hetero) is 1. The van der Waals surface area contributed by atoms with E-state index >= 15 is 0 Å². The van der Waals surface area contributed by atoms with Gasteiger partial charge in [-0.05, 0) is 31.0 Å². The second-order valence-electron chi connectivity index (χ2n) is 4.66. The summed E-state index contributed by atoms with van der Waals surface area (Å²) in [5, 5.41) is 0. The Kier molecular flexibility index (Phi) is 5.03. The van der Waals surface area contributed by atoms with E-state index in [4.69, 9.17) is 4.74 Å². The van der Waals surface area contributed by atoms with Crippen molar-refractivity contribution in [2.75, 3.05) is 0 Å². The van der Waals surface area contributed by atoms with E-state index in [1.807, 2.05) is 12.1 Å². The lowest BCUT2D eigenvalue weighted by Gasteiger charge is -2.09. The van der Waals surface area contributed by atoms with Crippen LogP contribution >= 0.6 is 0 Å². The Morgan fingerprint density at radius 3 is 2.67 bits per heavy atom. The molecule has 4 nitrogen and oxygen atoms in total. The molecule has 2 rings (SSSR count). The molecule has 0 aliphatic carbocycles. The molecule has 2 aromatic rings. The fourth-order valence-electron chi connectivity index (χ4n) is 1.85. The van der Waals surface area contributed by atoms with Crippen LogP contribution in [-0.2, 0) is 17.8 Å². The van der Waals surface area contributed by atoms with Crippen molar-refractivity contribution < 1.29 is 18.3 Å². The molecule has 21 heavy (non-hydrogen) atoms. The van der Waals surface area contributed by atoms with E-state index in [2.05, 4.69) is 4.98 Å². The second-order valence-corrected chi connectivity index (χ2v) is 4.66. The summed E-state index contributed by atoms with van der Waals surface area (Å²) in [6, 6.07) is 7.23. The summed E-state index contributed by atoms with van der Waals surface area (Å²) in [6.07, 6.45) is 3.72. The van der Waals surface area contributed by atoms with Crippen LogP contribution in [0.15, 0.2) is 36.7 Å². The molecule has 0 spiro atoms. The van der Waals surface area contributed by atoms with Gasteiger partial charge in [-0.1, -0.05) is 12.1 Å². The van der Waals surface area contributed by atoms with Gasteiger partial charge < -0.3 is 9.53 Å². The van der Waals surface area contributed by atoms with E-state index in [9.17, 15) is 13.6 Å². The third-order valence-electron chi connectivity index (χ3n) is 3.02. The number of rotatable bonds is 7. The van der Waals surface area contributed by atoms with E-state index in [-0.39, 0.29) is 18.2 Å². The minimum Gasteiger partial charge on any atom is -0.486 e. The number of alkyl halides is 2. The molecule has 0 bridgehead atoms. The maximum absolute atomic E-state index is 12.6. The molecular formula is C15H16F2N2O2. The molecule has 0 unspecified atom stereocenters. The summed E-state index contributed by atoms with van der Waals surface area (Å²) in [4.78, 5) is 14.7. The Balaban J connectivity index is 1.91. The van der Waals surface area contributed by atoms with Crippen LogP contribution < -0.4 is 4.74 Å². The van der Waals surface area contributed by atoms with Crippen LogP contribution in [0.4, 0.5) is 8.78 Å². The Labute approximate surface area is 121 Å². The highest BCUT2D eigenvalue weighted by atomic mass is 19.3. The van der Waals surface area contributed by atoms with E-state index in [1.165, 1.54) is 12.4 Å². The summed E-state index contributed by atoms with van der Waals surface area (Å²) in [5.74, 6) is 0.894. The first-order valence-corrected chi connectivity index (χ1v) is 6.57. The number of hydrogen-bond acceptors (Lipinski definition) is 3. The quantitative estimate of drug-likeness (QED) is 0.786. The number of carbonyl (C=O) groups excluding carboxylic acids is 1. The summed E-state index contributed by atoms with van der Waals surface area (Å²) < 4.78 is 31.5. The average molecular weight is 294 g/mol. The lowest BCUT2D eigenvalue weighted by molar-refractivity contribution is -0.116. The third kappa shape index (κ3) is 4.37. The van der Waals surface area contributed by atoms with E-state index in [1.54, 1.807) is 19.1 Å². The normalized spacial score (nSPS) is 10.9. The zero-order chi connectivity index (χ0) is 15.2. The Bertz CT molecular complexity index is 594. The first-order chi connectivity index (χ1) is 10.1. The molecule has 0 aliphatic heterocycles. The molecule has 0 atom stereocenters. The summed E-state index contributed by atoms with van der Waals surface area (Å²) >= 11 is 0. The fourth-order valence-corrected chi connectivity index (χ4v) is 1.85. The molecule has 0 amide bonds. The number of nitrogens with zero attached hydrogens (tertiary/aromatic N) is 2. The first-order valence-electron chi connectivity index (χ1n) is 6.57. The molecule has 0 saturated heterocycles. The van der Waals surface area contributed by atoms with Gasteiger partial charge >= 0.3 is 6.55 Å². The van der Waals surface area contributed by atoms with Gasteiger partial charge in [-0.25, -0.2) is 4.98 Å². The van der Waals surface area contributed by atoms with Crippen molar-refractivity contribution in [1.82, 2.24) is 9.55 Å². The molecule has 0 N–H and O–H groups in total. The Morgan fingerprint density at radius 2 is 2.05 bits per heavy atom. The van der Waals surface area contributed by atoms with E-state index in [0.29, 0.717) is 18.6 Å². The van der Waals surface area contributed by atoms with Crippen molar-refractivity contribution >= 4 is 5.78 Å². The van der Waals surface area contributed by atoms with Crippen molar-refractivity contribution in [3.8, 4) is 5.75 Å². The minimum absolute atomic E-state index is 0.0237. The lowest BCUT2D eigenvalue weighted by Crippen LogP contribution is -2.07. The number of ether oxygens (including phenoxy) is 1. The van der Waals surface area contributed by atoms with Gasteiger partial charge in [-0.2, -0.15) is 8.78 Å². The number of hydrogen-bond donors (Lipinski definition) is 0. The van der Waals surface area contributed by atoms with Gasteiger partial charge in [0.2, 0.25) is 0 Å². The van der Waals surface area contributed by atoms with Crippen molar-refractivity contribution in [3.63, 3.8) is 0 Å². The molecule has 6 heteroatoms. The van der Waals surface area contributed by atoms with Gasteiger partial charge in [-0.3, -0.25) is 4.57 Å². The molecule has 0 saturated carbocycles. The number of ketones is 1. The van der Waals surface area contributed by atoms with Gasteiger partial charge in [0.25, 0.3) is 0 Å². The van der Waals surface area contributed by atoms with Crippen LogP contribution in [-0.4, -0.2) is 15.3 Å². The molecule has 1 aromatic heterocycles. The van der Waals surface area contributed by atoms with Gasteiger partial charge in [-0.15, -0.1) is 0 Å². The van der Waals surface area contributed by atoms with Gasteiger partial charge in [0, 0.05) is 18.8 Å². The predicted molar refractivity (Wildman–Crippen MR) is 73.3 cm³/mol. The van der Waals surface area contributed by atoms with Gasteiger partial charge in [0.05, 0.1) is 0 Å². The lowest BCUT2D eigenvalue weighted by atomic mass is 10.1. The van der Waals surface area contributed by atoms with Crippen LogP contribution in [0.3, 0.4) is 0 Å². The second kappa shape index (κ2) is 6.97.